The van der Waals surface area contributed by atoms with Crippen molar-refractivity contribution in [2.75, 3.05) is 11.9 Å². The summed E-state index contributed by atoms with van der Waals surface area (Å²) in [6, 6.07) is 1.69. The van der Waals surface area contributed by atoms with Gasteiger partial charge in [-0.25, -0.2) is 4.79 Å². The quantitative estimate of drug-likeness (QED) is 0.507. The molecule has 0 fully saturated rings. The van der Waals surface area contributed by atoms with Gasteiger partial charge in [0.25, 0.3) is 0 Å². The van der Waals surface area contributed by atoms with Crippen molar-refractivity contribution in [1.82, 2.24) is 0 Å². The molecular weight excluding hydrogens is 300 g/mol. The lowest BCUT2D eigenvalue weighted by atomic mass is 10.1. The minimum absolute atomic E-state index is 0.0625. The topological polar surface area (TPSA) is 81.4 Å². The number of anilines is 1. The Kier molecular flexibility index (Phi) is 8.77. The molecule has 0 aromatic carbocycles. The van der Waals surface area contributed by atoms with Gasteiger partial charge in [-0.05, 0) is 19.4 Å². The number of rotatable bonds is 10. The standard InChI is InChI=1S/C16H26N2O3S/c1-3-5-6-7-8-9-14(19)18-15-13(16(20)21-4-2)10-12(11-17)22-15/h10H,3-9,11,17H2,1-2H3,(H,18,19). The van der Waals surface area contributed by atoms with Crippen molar-refractivity contribution >= 4 is 28.2 Å². The van der Waals surface area contributed by atoms with E-state index in [0.717, 1.165) is 24.1 Å². The molecule has 1 heterocycles. The zero-order valence-electron chi connectivity index (χ0n) is 13.4. The first-order chi connectivity index (χ1) is 10.6. The number of thiophene rings is 1. The highest BCUT2D eigenvalue weighted by Crippen LogP contribution is 2.29. The minimum Gasteiger partial charge on any atom is -0.462 e. The molecule has 6 heteroatoms. The number of nitrogens with one attached hydrogen (secondary N) is 1. The number of nitrogens with two attached hydrogens (primary N) is 1. The van der Waals surface area contributed by atoms with Gasteiger partial charge in [0.2, 0.25) is 5.91 Å². The van der Waals surface area contributed by atoms with Crippen LogP contribution in [-0.2, 0) is 16.1 Å². The summed E-state index contributed by atoms with van der Waals surface area (Å²) in [6.07, 6.45) is 5.96. The molecule has 0 unspecified atom stereocenters. The average Bonchev–Trinajstić information content (AvgIpc) is 2.90. The van der Waals surface area contributed by atoms with Crippen molar-refractivity contribution < 1.29 is 14.3 Å². The van der Waals surface area contributed by atoms with E-state index in [0.29, 0.717) is 30.1 Å². The average molecular weight is 326 g/mol. The number of hydrogen-bond acceptors (Lipinski definition) is 5. The molecule has 0 aliphatic heterocycles. The zero-order valence-corrected chi connectivity index (χ0v) is 14.3. The summed E-state index contributed by atoms with van der Waals surface area (Å²) in [5.41, 5.74) is 6.00. The van der Waals surface area contributed by atoms with E-state index in [9.17, 15) is 9.59 Å². The summed E-state index contributed by atoms with van der Waals surface area (Å²) < 4.78 is 5.01. The second-order valence-corrected chi connectivity index (χ2v) is 6.23. The Labute approximate surface area is 136 Å². The maximum absolute atomic E-state index is 12.0. The van der Waals surface area contributed by atoms with Gasteiger partial charge in [0.05, 0.1) is 12.2 Å². The Balaban J connectivity index is 2.57. The van der Waals surface area contributed by atoms with Crippen LogP contribution in [-0.4, -0.2) is 18.5 Å². The molecule has 1 aromatic heterocycles. The molecule has 124 valence electrons. The molecule has 0 atom stereocenters. The minimum atomic E-state index is -0.420. The van der Waals surface area contributed by atoms with Gasteiger partial charge in [-0.3, -0.25) is 4.79 Å². The van der Waals surface area contributed by atoms with Gasteiger partial charge in [-0.2, -0.15) is 0 Å². The summed E-state index contributed by atoms with van der Waals surface area (Å²) in [4.78, 5) is 24.7. The van der Waals surface area contributed by atoms with E-state index in [-0.39, 0.29) is 5.91 Å². The molecule has 0 radical (unpaired) electrons. The lowest BCUT2D eigenvalue weighted by molar-refractivity contribution is -0.116. The molecule has 1 rings (SSSR count). The molecule has 1 aromatic rings. The van der Waals surface area contributed by atoms with Crippen LogP contribution < -0.4 is 11.1 Å². The fraction of sp³-hybridized carbons (Fsp3) is 0.625. The van der Waals surface area contributed by atoms with E-state index in [2.05, 4.69) is 12.2 Å². The molecule has 0 spiro atoms. The number of carbonyl (C=O) groups is 2. The molecule has 3 N–H and O–H groups in total. The molecule has 5 nitrogen and oxygen atoms in total. The van der Waals surface area contributed by atoms with E-state index in [1.54, 1.807) is 13.0 Å². The van der Waals surface area contributed by atoms with Crippen LogP contribution in [0.3, 0.4) is 0 Å². The maximum atomic E-state index is 12.0. The third-order valence-corrected chi connectivity index (χ3v) is 4.31. The molecular formula is C16H26N2O3S. The lowest BCUT2D eigenvalue weighted by Gasteiger charge is -2.06. The second-order valence-electron chi connectivity index (χ2n) is 5.09. The molecule has 0 aliphatic carbocycles. The van der Waals surface area contributed by atoms with E-state index < -0.39 is 5.97 Å². The first kappa shape index (κ1) is 18.6. The third kappa shape index (κ3) is 6.15. The summed E-state index contributed by atoms with van der Waals surface area (Å²) in [5.74, 6) is -0.482. The van der Waals surface area contributed by atoms with E-state index >= 15 is 0 Å². The van der Waals surface area contributed by atoms with Crippen molar-refractivity contribution in [1.29, 1.82) is 0 Å². The van der Waals surface area contributed by atoms with Crippen molar-refractivity contribution in [3.63, 3.8) is 0 Å². The van der Waals surface area contributed by atoms with Crippen molar-refractivity contribution in [3.8, 4) is 0 Å². The monoisotopic (exact) mass is 326 g/mol. The Morgan fingerprint density at radius 1 is 1.23 bits per heavy atom. The van der Waals surface area contributed by atoms with Crippen LogP contribution in [0.25, 0.3) is 0 Å². The molecule has 22 heavy (non-hydrogen) atoms. The summed E-state index contributed by atoms with van der Waals surface area (Å²) in [6.45, 7) is 4.56. The van der Waals surface area contributed by atoms with Crippen LogP contribution in [0.2, 0.25) is 0 Å². The molecule has 0 saturated carbocycles. The predicted octanol–water partition coefficient (Wildman–Crippen LogP) is 3.68. The largest absolute Gasteiger partial charge is 0.462 e. The lowest BCUT2D eigenvalue weighted by Crippen LogP contribution is -2.13. The Morgan fingerprint density at radius 3 is 2.59 bits per heavy atom. The van der Waals surface area contributed by atoms with Gasteiger partial charge in [0, 0.05) is 17.8 Å². The van der Waals surface area contributed by atoms with Crippen LogP contribution in [0.5, 0.6) is 0 Å². The SMILES string of the molecule is CCCCCCCC(=O)Nc1sc(CN)cc1C(=O)OCC. The Hall–Kier alpha value is -1.40. The second kappa shape index (κ2) is 10.3. The Morgan fingerprint density at radius 2 is 1.95 bits per heavy atom. The first-order valence-electron chi connectivity index (χ1n) is 7.92. The van der Waals surface area contributed by atoms with Crippen LogP contribution in [0.15, 0.2) is 6.07 Å². The van der Waals surface area contributed by atoms with Gasteiger partial charge < -0.3 is 15.8 Å². The van der Waals surface area contributed by atoms with Gasteiger partial charge in [0.15, 0.2) is 0 Å². The van der Waals surface area contributed by atoms with Crippen molar-refractivity contribution in [2.45, 2.75) is 58.9 Å². The Bertz CT molecular complexity index is 486. The van der Waals surface area contributed by atoms with E-state index in [4.69, 9.17) is 10.5 Å². The number of ether oxygens (including phenoxy) is 1. The molecule has 0 saturated heterocycles. The fourth-order valence-corrected chi connectivity index (χ4v) is 3.01. The number of esters is 1. The first-order valence-corrected chi connectivity index (χ1v) is 8.73. The fourth-order valence-electron chi connectivity index (χ4n) is 2.07. The molecule has 0 bridgehead atoms. The van der Waals surface area contributed by atoms with Gasteiger partial charge in [-0.15, -0.1) is 11.3 Å². The van der Waals surface area contributed by atoms with Gasteiger partial charge in [-0.1, -0.05) is 32.6 Å². The summed E-state index contributed by atoms with van der Waals surface area (Å²) in [5, 5.41) is 3.36. The molecule has 1 amide bonds. The van der Waals surface area contributed by atoms with Crippen LogP contribution in [0.1, 0.15) is 67.6 Å². The normalized spacial score (nSPS) is 10.5. The number of amides is 1. The summed E-state index contributed by atoms with van der Waals surface area (Å²) >= 11 is 1.33. The van der Waals surface area contributed by atoms with Crippen LogP contribution in [0, 0.1) is 0 Å². The van der Waals surface area contributed by atoms with Crippen molar-refractivity contribution in [2.24, 2.45) is 5.73 Å². The van der Waals surface area contributed by atoms with Crippen LogP contribution in [0.4, 0.5) is 5.00 Å². The highest BCUT2D eigenvalue weighted by Gasteiger charge is 2.18. The van der Waals surface area contributed by atoms with Crippen molar-refractivity contribution in [3.05, 3.63) is 16.5 Å². The summed E-state index contributed by atoms with van der Waals surface area (Å²) in [7, 11) is 0. The van der Waals surface area contributed by atoms with Gasteiger partial charge in [0.1, 0.15) is 5.00 Å². The van der Waals surface area contributed by atoms with E-state index in [1.165, 1.54) is 24.2 Å². The highest BCUT2D eigenvalue weighted by atomic mass is 32.1. The maximum Gasteiger partial charge on any atom is 0.341 e. The smallest absolute Gasteiger partial charge is 0.341 e. The third-order valence-electron chi connectivity index (χ3n) is 3.24. The van der Waals surface area contributed by atoms with E-state index in [1.807, 2.05) is 0 Å². The number of hydrogen-bond donors (Lipinski definition) is 2. The highest BCUT2D eigenvalue weighted by molar-refractivity contribution is 7.16. The number of carbonyl (C=O) groups excluding carboxylic acids is 2. The number of unbranched alkanes of at least 4 members (excludes halogenated alkanes) is 4. The van der Waals surface area contributed by atoms with Crippen LogP contribution >= 0.6 is 11.3 Å². The predicted molar refractivity (Wildman–Crippen MR) is 90.2 cm³/mol. The molecule has 0 aliphatic rings. The van der Waals surface area contributed by atoms with Gasteiger partial charge >= 0.3 is 5.97 Å². The zero-order chi connectivity index (χ0) is 16.4.